The van der Waals surface area contributed by atoms with Crippen molar-refractivity contribution in [1.29, 1.82) is 0 Å². The largest absolute Gasteiger partial charge is 0.487 e. The van der Waals surface area contributed by atoms with E-state index in [1.807, 2.05) is 24.3 Å². The molecular formula is C14H19FN2O2S. The minimum Gasteiger partial charge on any atom is -0.487 e. The second-order valence-electron chi connectivity index (χ2n) is 4.28. The topological polar surface area (TPSA) is 47.7 Å². The summed E-state index contributed by atoms with van der Waals surface area (Å²) in [6.45, 7) is 3.52. The first kappa shape index (κ1) is 15.3. The minimum absolute atomic E-state index is 0.0762. The van der Waals surface area contributed by atoms with Gasteiger partial charge in [-0.15, -0.1) is 0 Å². The molecule has 1 aliphatic heterocycles. The van der Waals surface area contributed by atoms with Gasteiger partial charge in [0.2, 0.25) is 0 Å². The van der Waals surface area contributed by atoms with Crippen molar-refractivity contribution >= 4 is 11.9 Å². The van der Waals surface area contributed by atoms with E-state index in [9.17, 15) is 4.39 Å². The summed E-state index contributed by atoms with van der Waals surface area (Å²) in [5.41, 5.74) is 5.22. The van der Waals surface area contributed by atoms with Gasteiger partial charge in [-0.2, -0.15) is 0 Å². The zero-order chi connectivity index (χ0) is 14.2. The molecule has 1 aliphatic rings. The standard InChI is InChI=1S/C14H19FN2O2S/c15-12(5-6-16)11-19-13-1-3-14(4-2-13)20-17-7-9-18-10-8-17/h1-5H,6-11,16H2/b12-5+. The van der Waals surface area contributed by atoms with Crippen LogP contribution in [-0.4, -0.2) is 43.8 Å². The Morgan fingerprint density at radius 1 is 1.35 bits per heavy atom. The lowest BCUT2D eigenvalue weighted by molar-refractivity contribution is 0.0773. The van der Waals surface area contributed by atoms with E-state index in [-0.39, 0.29) is 19.0 Å². The first-order chi connectivity index (χ1) is 9.78. The van der Waals surface area contributed by atoms with Gasteiger partial charge in [-0.1, -0.05) is 0 Å². The number of benzene rings is 1. The van der Waals surface area contributed by atoms with E-state index in [0.717, 1.165) is 31.2 Å². The monoisotopic (exact) mass is 298 g/mol. The lowest BCUT2D eigenvalue weighted by Crippen LogP contribution is -2.30. The molecule has 0 aromatic heterocycles. The number of morpholine rings is 1. The summed E-state index contributed by atoms with van der Waals surface area (Å²) in [7, 11) is 0. The van der Waals surface area contributed by atoms with Crippen LogP contribution in [0.1, 0.15) is 0 Å². The van der Waals surface area contributed by atoms with E-state index < -0.39 is 0 Å². The second kappa shape index (κ2) is 8.26. The van der Waals surface area contributed by atoms with Gasteiger partial charge >= 0.3 is 0 Å². The summed E-state index contributed by atoms with van der Waals surface area (Å²) < 4.78 is 26.0. The maximum absolute atomic E-state index is 13.1. The average Bonchev–Trinajstić information content (AvgIpc) is 2.48. The quantitative estimate of drug-likeness (QED) is 0.816. The Morgan fingerprint density at radius 2 is 2.05 bits per heavy atom. The SMILES string of the molecule is NC/C=C(/F)COc1ccc(SN2CCOCC2)cc1. The smallest absolute Gasteiger partial charge is 0.139 e. The maximum Gasteiger partial charge on any atom is 0.139 e. The first-order valence-electron chi connectivity index (χ1n) is 6.56. The zero-order valence-electron chi connectivity index (χ0n) is 11.3. The van der Waals surface area contributed by atoms with Crippen molar-refractivity contribution in [3.05, 3.63) is 36.2 Å². The van der Waals surface area contributed by atoms with Crippen LogP contribution in [0.15, 0.2) is 41.1 Å². The molecule has 0 spiro atoms. The third-order valence-electron chi connectivity index (χ3n) is 2.74. The second-order valence-corrected chi connectivity index (χ2v) is 5.45. The van der Waals surface area contributed by atoms with Crippen LogP contribution in [0.2, 0.25) is 0 Å². The fourth-order valence-electron chi connectivity index (χ4n) is 1.72. The maximum atomic E-state index is 13.1. The van der Waals surface area contributed by atoms with E-state index in [0.29, 0.717) is 5.75 Å². The average molecular weight is 298 g/mol. The van der Waals surface area contributed by atoms with Crippen molar-refractivity contribution in [2.75, 3.05) is 39.5 Å². The molecular weight excluding hydrogens is 279 g/mol. The predicted octanol–water partition coefficient (Wildman–Crippen LogP) is 2.22. The van der Waals surface area contributed by atoms with Crippen LogP contribution in [0, 0.1) is 0 Å². The lowest BCUT2D eigenvalue weighted by Gasteiger charge is -2.25. The van der Waals surface area contributed by atoms with Crippen molar-refractivity contribution in [3.8, 4) is 5.75 Å². The minimum atomic E-state index is -0.348. The Balaban J connectivity index is 1.81. The van der Waals surface area contributed by atoms with E-state index in [2.05, 4.69) is 4.31 Å². The van der Waals surface area contributed by atoms with Crippen LogP contribution >= 0.6 is 11.9 Å². The van der Waals surface area contributed by atoms with Crippen LogP contribution in [0.5, 0.6) is 5.75 Å². The summed E-state index contributed by atoms with van der Waals surface area (Å²) in [6, 6.07) is 7.64. The van der Waals surface area contributed by atoms with E-state index in [1.54, 1.807) is 11.9 Å². The fraction of sp³-hybridized carbons (Fsp3) is 0.429. The van der Waals surface area contributed by atoms with E-state index in [1.165, 1.54) is 6.08 Å². The normalized spacial score (nSPS) is 17.2. The summed E-state index contributed by atoms with van der Waals surface area (Å²) >= 11 is 1.70. The number of halogens is 1. The highest BCUT2D eigenvalue weighted by molar-refractivity contribution is 7.97. The van der Waals surface area contributed by atoms with Gasteiger partial charge in [-0.3, -0.25) is 0 Å². The predicted molar refractivity (Wildman–Crippen MR) is 78.4 cm³/mol. The van der Waals surface area contributed by atoms with Gasteiger partial charge in [-0.05, 0) is 42.3 Å². The van der Waals surface area contributed by atoms with Crippen LogP contribution < -0.4 is 10.5 Å². The van der Waals surface area contributed by atoms with Gasteiger partial charge in [0, 0.05) is 24.5 Å². The summed E-state index contributed by atoms with van der Waals surface area (Å²) in [4.78, 5) is 1.14. The Labute approximate surface area is 122 Å². The molecule has 20 heavy (non-hydrogen) atoms. The molecule has 0 bridgehead atoms. The molecule has 1 aromatic rings. The van der Waals surface area contributed by atoms with E-state index >= 15 is 0 Å². The van der Waals surface area contributed by atoms with Crippen molar-refractivity contribution in [2.24, 2.45) is 5.73 Å². The molecule has 2 N–H and O–H groups in total. The third kappa shape index (κ3) is 5.13. The van der Waals surface area contributed by atoms with Crippen LogP contribution in [0.3, 0.4) is 0 Å². The van der Waals surface area contributed by atoms with Crippen LogP contribution in [0.25, 0.3) is 0 Å². The molecule has 1 fully saturated rings. The molecule has 1 heterocycles. The van der Waals surface area contributed by atoms with Crippen molar-refractivity contribution < 1.29 is 13.9 Å². The molecule has 1 aromatic carbocycles. The number of nitrogens with zero attached hydrogens (tertiary/aromatic N) is 1. The molecule has 1 saturated heterocycles. The van der Waals surface area contributed by atoms with Gasteiger partial charge in [0.25, 0.3) is 0 Å². The fourth-order valence-corrected chi connectivity index (χ4v) is 2.61. The third-order valence-corrected chi connectivity index (χ3v) is 3.85. The Morgan fingerprint density at radius 3 is 2.70 bits per heavy atom. The molecule has 0 atom stereocenters. The number of rotatable bonds is 6. The summed E-state index contributed by atoms with van der Waals surface area (Å²) in [5.74, 6) is 0.302. The van der Waals surface area contributed by atoms with Gasteiger partial charge in [-0.25, -0.2) is 8.70 Å². The molecule has 0 aliphatic carbocycles. The Hall–Kier alpha value is -1.08. The van der Waals surface area contributed by atoms with Crippen molar-refractivity contribution in [1.82, 2.24) is 4.31 Å². The lowest BCUT2D eigenvalue weighted by atomic mass is 10.3. The van der Waals surface area contributed by atoms with Gasteiger partial charge in [0.05, 0.1) is 13.2 Å². The van der Waals surface area contributed by atoms with Gasteiger partial charge in [0.1, 0.15) is 18.2 Å². The molecule has 2 rings (SSSR count). The zero-order valence-corrected chi connectivity index (χ0v) is 12.1. The molecule has 4 nitrogen and oxygen atoms in total. The van der Waals surface area contributed by atoms with Gasteiger partial charge in [0.15, 0.2) is 0 Å². The first-order valence-corrected chi connectivity index (χ1v) is 7.33. The summed E-state index contributed by atoms with van der Waals surface area (Å²) in [5, 5.41) is 0. The molecule has 0 saturated carbocycles. The highest BCUT2D eigenvalue weighted by Crippen LogP contribution is 2.25. The van der Waals surface area contributed by atoms with Crippen LogP contribution in [-0.2, 0) is 4.74 Å². The molecule has 0 radical (unpaired) electrons. The number of nitrogens with two attached hydrogens (primary N) is 1. The molecule has 110 valence electrons. The van der Waals surface area contributed by atoms with E-state index in [4.69, 9.17) is 15.2 Å². The van der Waals surface area contributed by atoms with Crippen molar-refractivity contribution in [3.63, 3.8) is 0 Å². The molecule has 6 heteroatoms. The molecule has 0 amide bonds. The number of ether oxygens (including phenoxy) is 2. The highest BCUT2D eigenvalue weighted by atomic mass is 32.2. The van der Waals surface area contributed by atoms with Crippen molar-refractivity contribution in [2.45, 2.75) is 4.90 Å². The highest BCUT2D eigenvalue weighted by Gasteiger charge is 2.11. The van der Waals surface area contributed by atoms with Gasteiger partial charge < -0.3 is 15.2 Å². The number of hydrogen-bond donors (Lipinski definition) is 1. The summed E-state index contributed by atoms with van der Waals surface area (Å²) in [6.07, 6.45) is 1.31. The Kier molecular flexibility index (Phi) is 6.32. The Bertz CT molecular complexity index is 433. The van der Waals surface area contributed by atoms with Crippen LogP contribution in [0.4, 0.5) is 4.39 Å². The molecule has 0 unspecified atom stereocenters. The number of hydrogen-bond acceptors (Lipinski definition) is 5.